The molecule has 0 saturated heterocycles. The van der Waals surface area contributed by atoms with Crippen LogP contribution in [0.25, 0.3) is 0 Å². The third-order valence-electron chi connectivity index (χ3n) is 3.37. The molecule has 1 heterocycles. The number of nitrogens with zero attached hydrogens (tertiary/aromatic N) is 3. The maximum atomic E-state index is 12.3. The number of amides is 1. The van der Waals surface area contributed by atoms with Gasteiger partial charge < -0.3 is 14.8 Å². The number of aryl methyl sites for hydroxylation is 2. The van der Waals surface area contributed by atoms with Crippen LogP contribution in [0.5, 0.6) is 11.5 Å². The van der Waals surface area contributed by atoms with Crippen LogP contribution < -0.4 is 14.8 Å². The van der Waals surface area contributed by atoms with Crippen LogP contribution in [0.15, 0.2) is 17.2 Å². The molecule has 1 N–H and O–H groups in total. The number of aromatic nitrogens is 2. The molecule has 0 aliphatic rings. The number of ether oxygens (including phenoxy) is 2. The number of nitrogens with one attached hydrogen (secondary N) is 1. The van der Waals surface area contributed by atoms with Gasteiger partial charge in [0.25, 0.3) is 0 Å². The van der Waals surface area contributed by atoms with Gasteiger partial charge in [-0.05, 0) is 19.9 Å². The molecular formula is C17H17ClN4O3S. The Kier molecular flexibility index (Phi) is 6.66. The SMILES string of the molecule is COc1cc(OC)c(NC(=O)CSc2nc(C)nc(C)c2C#N)cc1Cl. The lowest BCUT2D eigenvalue weighted by Gasteiger charge is -2.13. The second-order valence-electron chi connectivity index (χ2n) is 5.17. The van der Waals surface area contributed by atoms with E-state index >= 15 is 0 Å². The van der Waals surface area contributed by atoms with Crippen molar-refractivity contribution in [3.05, 3.63) is 34.2 Å². The lowest BCUT2D eigenvalue weighted by atomic mass is 10.2. The van der Waals surface area contributed by atoms with Gasteiger partial charge in [-0.3, -0.25) is 4.79 Å². The van der Waals surface area contributed by atoms with E-state index in [9.17, 15) is 10.1 Å². The van der Waals surface area contributed by atoms with E-state index in [1.165, 1.54) is 26.0 Å². The van der Waals surface area contributed by atoms with E-state index in [4.69, 9.17) is 21.1 Å². The van der Waals surface area contributed by atoms with Gasteiger partial charge in [0, 0.05) is 6.07 Å². The summed E-state index contributed by atoms with van der Waals surface area (Å²) in [5.74, 6) is 1.20. The molecule has 0 bridgehead atoms. The minimum atomic E-state index is -0.285. The zero-order valence-electron chi connectivity index (χ0n) is 14.7. The number of hydrogen-bond acceptors (Lipinski definition) is 7. The number of rotatable bonds is 6. The first-order chi connectivity index (χ1) is 12.4. The van der Waals surface area contributed by atoms with Gasteiger partial charge in [0.1, 0.15) is 34.0 Å². The van der Waals surface area contributed by atoms with Gasteiger partial charge in [0.2, 0.25) is 5.91 Å². The van der Waals surface area contributed by atoms with Crippen molar-refractivity contribution in [1.29, 1.82) is 5.26 Å². The summed E-state index contributed by atoms with van der Waals surface area (Å²) in [6, 6.07) is 5.22. The fourth-order valence-corrected chi connectivity index (χ4v) is 3.31. The molecule has 2 aromatic rings. The number of halogens is 1. The molecule has 136 valence electrons. The predicted molar refractivity (Wildman–Crippen MR) is 100 cm³/mol. The van der Waals surface area contributed by atoms with Crippen LogP contribution in [0.1, 0.15) is 17.1 Å². The molecule has 7 nitrogen and oxygen atoms in total. The molecule has 2 rings (SSSR count). The van der Waals surface area contributed by atoms with E-state index in [0.29, 0.717) is 44.3 Å². The number of thioether (sulfide) groups is 1. The van der Waals surface area contributed by atoms with Gasteiger partial charge >= 0.3 is 0 Å². The average Bonchev–Trinajstić information content (AvgIpc) is 2.60. The molecule has 0 atom stereocenters. The first-order valence-corrected chi connectivity index (χ1v) is 8.85. The van der Waals surface area contributed by atoms with Gasteiger partial charge in [0.05, 0.1) is 36.4 Å². The van der Waals surface area contributed by atoms with Crippen molar-refractivity contribution < 1.29 is 14.3 Å². The number of carbonyl (C=O) groups is 1. The van der Waals surface area contributed by atoms with Crippen LogP contribution in [-0.2, 0) is 4.79 Å². The van der Waals surface area contributed by atoms with E-state index in [2.05, 4.69) is 21.4 Å². The molecule has 0 radical (unpaired) electrons. The highest BCUT2D eigenvalue weighted by molar-refractivity contribution is 8.00. The van der Waals surface area contributed by atoms with Crippen LogP contribution in [-0.4, -0.2) is 35.8 Å². The lowest BCUT2D eigenvalue weighted by molar-refractivity contribution is -0.113. The standard InChI is InChI=1S/C17H17ClN4O3S/c1-9-11(7-19)17(21-10(2)20-9)26-8-16(23)22-13-5-12(18)14(24-3)6-15(13)25-4/h5-6H,8H2,1-4H3,(H,22,23). The van der Waals surface area contributed by atoms with Gasteiger partial charge in [-0.25, -0.2) is 9.97 Å². The highest BCUT2D eigenvalue weighted by Crippen LogP contribution is 2.36. The Bertz CT molecular complexity index is 883. The Labute approximate surface area is 160 Å². The van der Waals surface area contributed by atoms with Crippen LogP contribution in [0.2, 0.25) is 5.02 Å². The molecule has 9 heteroatoms. The molecule has 1 aromatic carbocycles. The highest BCUT2D eigenvalue weighted by Gasteiger charge is 2.15. The topological polar surface area (TPSA) is 97.1 Å². The molecule has 0 aliphatic carbocycles. The summed E-state index contributed by atoms with van der Waals surface area (Å²) in [5, 5.41) is 12.8. The fourth-order valence-electron chi connectivity index (χ4n) is 2.19. The Hall–Kier alpha value is -2.50. The van der Waals surface area contributed by atoms with Crippen LogP contribution in [0.3, 0.4) is 0 Å². The van der Waals surface area contributed by atoms with Crippen molar-refractivity contribution >= 4 is 35.0 Å². The summed E-state index contributed by atoms with van der Waals surface area (Å²) in [5.41, 5.74) is 1.39. The summed E-state index contributed by atoms with van der Waals surface area (Å²) < 4.78 is 10.4. The fraction of sp³-hybridized carbons (Fsp3) is 0.294. The number of methoxy groups -OCH3 is 2. The Morgan fingerprint density at radius 3 is 2.58 bits per heavy atom. The van der Waals surface area contributed by atoms with E-state index < -0.39 is 0 Å². The van der Waals surface area contributed by atoms with Crippen molar-refractivity contribution in [2.75, 3.05) is 25.3 Å². The number of benzene rings is 1. The smallest absolute Gasteiger partial charge is 0.234 e. The van der Waals surface area contributed by atoms with E-state index in [-0.39, 0.29) is 11.7 Å². The maximum absolute atomic E-state index is 12.3. The summed E-state index contributed by atoms with van der Waals surface area (Å²) >= 11 is 7.27. The van der Waals surface area contributed by atoms with E-state index in [1.54, 1.807) is 26.0 Å². The number of anilines is 1. The molecule has 26 heavy (non-hydrogen) atoms. The first kappa shape index (κ1) is 19.8. The predicted octanol–water partition coefficient (Wildman–Crippen LogP) is 3.37. The average molecular weight is 393 g/mol. The second-order valence-corrected chi connectivity index (χ2v) is 6.54. The molecule has 0 saturated carbocycles. The quantitative estimate of drug-likeness (QED) is 0.594. The van der Waals surface area contributed by atoms with Crippen molar-refractivity contribution in [3.63, 3.8) is 0 Å². The molecular weight excluding hydrogens is 376 g/mol. The Morgan fingerprint density at radius 1 is 1.27 bits per heavy atom. The van der Waals surface area contributed by atoms with E-state index in [1.807, 2.05) is 0 Å². The number of carbonyl (C=O) groups excluding carboxylic acids is 1. The zero-order valence-corrected chi connectivity index (χ0v) is 16.3. The van der Waals surface area contributed by atoms with E-state index in [0.717, 1.165) is 0 Å². The van der Waals surface area contributed by atoms with Gasteiger partial charge in [-0.15, -0.1) is 0 Å². The highest BCUT2D eigenvalue weighted by atomic mass is 35.5. The maximum Gasteiger partial charge on any atom is 0.234 e. The van der Waals surface area contributed by atoms with Crippen molar-refractivity contribution in [3.8, 4) is 17.6 Å². The Morgan fingerprint density at radius 2 is 1.96 bits per heavy atom. The summed E-state index contributed by atoms with van der Waals surface area (Å²) in [7, 11) is 2.98. The van der Waals surface area contributed by atoms with Crippen LogP contribution in [0, 0.1) is 25.2 Å². The van der Waals surface area contributed by atoms with Crippen molar-refractivity contribution in [2.24, 2.45) is 0 Å². The second kappa shape index (κ2) is 8.74. The zero-order chi connectivity index (χ0) is 19.3. The summed E-state index contributed by atoms with van der Waals surface area (Å²) in [4.78, 5) is 20.7. The first-order valence-electron chi connectivity index (χ1n) is 7.49. The van der Waals surface area contributed by atoms with Crippen LogP contribution >= 0.6 is 23.4 Å². The molecule has 0 spiro atoms. The molecule has 0 aliphatic heterocycles. The number of hydrogen-bond donors (Lipinski definition) is 1. The van der Waals surface area contributed by atoms with Gasteiger partial charge in [-0.1, -0.05) is 23.4 Å². The largest absolute Gasteiger partial charge is 0.495 e. The van der Waals surface area contributed by atoms with Crippen LogP contribution in [0.4, 0.5) is 5.69 Å². The molecule has 0 unspecified atom stereocenters. The Balaban J connectivity index is 2.14. The summed E-state index contributed by atoms with van der Waals surface area (Å²) in [6.07, 6.45) is 0. The third-order valence-corrected chi connectivity index (χ3v) is 4.64. The van der Waals surface area contributed by atoms with Crippen molar-refractivity contribution in [1.82, 2.24) is 9.97 Å². The molecule has 1 amide bonds. The minimum Gasteiger partial charge on any atom is -0.495 e. The van der Waals surface area contributed by atoms with Crippen molar-refractivity contribution in [2.45, 2.75) is 18.9 Å². The van der Waals surface area contributed by atoms with Gasteiger partial charge in [-0.2, -0.15) is 5.26 Å². The number of nitriles is 1. The molecule has 0 fully saturated rings. The minimum absolute atomic E-state index is 0.0668. The third kappa shape index (κ3) is 4.56. The summed E-state index contributed by atoms with van der Waals surface area (Å²) in [6.45, 7) is 3.48. The monoisotopic (exact) mass is 392 g/mol. The normalized spacial score (nSPS) is 10.2. The molecule has 1 aromatic heterocycles. The van der Waals surface area contributed by atoms with Gasteiger partial charge in [0.15, 0.2) is 0 Å². The lowest BCUT2D eigenvalue weighted by Crippen LogP contribution is -2.15.